The molecule has 0 aliphatic carbocycles. The summed E-state index contributed by atoms with van der Waals surface area (Å²) in [6.45, 7) is 5.79. The van der Waals surface area contributed by atoms with Crippen molar-refractivity contribution in [1.82, 2.24) is 10.6 Å². The highest BCUT2D eigenvalue weighted by molar-refractivity contribution is 9.10. The van der Waals surface area contributed by atoms with Crippen molar-refractivity contribution < 1.29 is 9.53 Å². The SMILES string of the molecule is CC(C)(C)NC(=S)NC(=O)COc1ccc2ccccc2c1Br. The Kier molecular flexibility index (Phi) is 5.59. The van der Waals surface area contributed by atoms with Gasteiger partial charge in [-0.25, -0.2) is 0 Å². The predicted molar refractivity (Wildman–Crippen MR) is 101 cm³/mol. The van der Waals surface area contributed by atoms with Crippen LogP contribution in [-0.2, 0) is 4.79 Å². The number of ether oxygens (including phenoxy) is 1. The van der Waals surface area contributed by atoms with Gasteiger partial charge in [-0.05, 0) is 65.8 Å². The standard InChI is InChI=1S/C17H19BrN2O2S/c1-17(2,3)20-16(23)19-14(21)10-22-13-9-8-11-6-4-5-7-12(11)15(13)18/h4-9H,10H2,1-3H3,(H2,19,20,21,23). The number of fused-ring (bicyclic) bond motifs is 1. The van der Waals surface area contributed by atoms with E-state index in [1.165, 1.54) is 0 Å². The second kappa shape index (κ2) is 7.27. The maximum absolute atomic E-state index is 11.9. The number of hydrogen-bond donors (Lipinski definition) is 2. The predicted octanol–water partition coefficient (Wildman–Crippen LogP) is 3.77. The molecule has 0 heterocycles. The molecule has 2 N–H and O–H groups in total. The van der Waals surface area contributed by atoms with Gasteiger partial charge in [-0.3, -0.25) is 4.79 Å². The zero-order valence-corrected chi connectivity index (χ0v) is 15.7. The molecule has 0 atom stereocenters. The van der Waals surface area contributed by atoms with Crippen LogP contribution in [0.5, 0.6) is 5.75 Å². The number of carbonyl (C=O) groups is 1. The van der Waals surface area contributed by atoms with Gasteiger partial charge < -0.3 is 15.4 Å². The topological polar surface area (TPSA) is 50.4 Å². The van der Waals surface area contributed by atoms with Crippen LogP contribution in [0.3, 0.4) is 0 Å². The summed E-state index contributed by atoms with van der Waals surface area (Å²) in [5.74, 6) is 0.320. The van der Waals surface area contributed by atoms with E-state index in [0.29, 0.717) is 10.9 Å². The Morgan fingerprint density at radius 2 is 1.91 bits per heavy atom. The molecule has 0 spiro atoms. The zero-order chi connectivity index (χ0) is 17.0. The third-order valence-electron chi connectivity index (χ3n) is 2.93. The molecule has 4 nitrogen and oxygen atoms in total. The van der Waals surface area contributed by atoms with Crippen LogP contribution >= 0.6 is 28.1 Å². The number of amides is 1. The lowest BCUT2D eigenvalue weighted by Gasteiger charge is -2.22. The van der Waals surface area contributed by atoms with E-state index in [1.807, 2.05) is 57.2 Å². The smallest absolute Gasteiger partial charge is 0.264 e. The molecule has 0 aliphatic heterocycles. The highest BCUT2D eigenvalue weighted by atomic mass is 79.9. The summed E-state index contributed by atoms with van der Waals surface area (Å²) >= 11 is 8.62. The maximum Gasteiger partial charge on any atom is 0.264 e. The quantitative estimate of drug-likeness (QED) is 0.777. The molecule has 2 aromatic carbocycles. The van der Waals surface area contributed by atoms with Crippen molar-refractivity contribution in [1.29, 1.82) is 0 Å². The first kappa shape index (κ1) is 17.7. The highest BCUT2D eigenvalue weighted by Crippen LogP contribution is 2.32. The molecule has 0 bridgehead atoms. The normalized spacial score (nSPS) is 11.1. The second-order valence-electron chi connectivity index (χ2n) is 6.14. The van der Waals surface area contributed by atoms with Crippen molar-refractivity contribution in [2.24, 2.45) is 0 Å². The number of rotatable bonds is 3. The molecule has 0 aliphatic rings. The van der Waals surface area contributed by atoms with E-state index >= 15 is 0 Å². The van der Waals surface area contributed by atoms with Gasteiger partial charge in [0.05, 0.1) is 4.47 Å². The summed E-state index contributed by atoms with van der Waals surface area (Å²) in [4.78, 5) is 11.9. The number of nitrogens with one attached hydrogen (secondary N) is 2. The molecule has 23 heavy (non-hydrogen) atoms. The molecule has 2 rings (SSSR count). The fraction of sp³-hybridized carbons (Fsp3) is 0.294. The number of hydrogen-bond acceptors (Lipinski definition) is 3. The summed E-state index contributed by atoms with van der Waals surface area (Å²) in [7, 11) is 0. The molecular formula is C17H19BrN2O2S. The first-order valence-electron chi connectivity index (χ1n) is 7.18. The van der Waals surface area contributed by atoms with Gasteiger partial charge in [-0.2, -0.15) is 0 Å². The lowest BCUT2D eigenvalue weighted by Crippen LogP contribution is -2.49. The summed E-state index contributed by atoms with van der Waals surface area (Å²) < 4.78 is 6.42. The van der Waals surface area contributed by atoms with Gasteiger partial charge in [0, 0.05) is 5.54 Å². The zero-order valence-electron chi connectivity index (χ0n) is 13.3. The minimum Gasteiger partial charge on any atom is -0.483 e. The van der Waals surface area contributed by atoms with Crippen molar-refractivity contribution in [2.45, 2.75) is 26.3 Å². The van der Waals surface area contributed by atoms with Crippen molar-refractivity contribution in [3.8, 4) is 5.75 Å². The monoisotopic (exact) mass is 394 g/mol. The second-order valence-corrected chi connectivity index (χ2v) is 7.34. The molecule has 0 radical (unpaired) electrons. The number of thiocarbonyl (C=S) groups is 1. The maximum atomic E-state index is 11.9. The largest absolute Gasteiger partial charge is 0.483 e. The first-order valence-corrected chi connectivity index (χ1v) is 8.38. The van der Waals surface area contributed by atoms with Gasteiger partial charge in [0.15, 0.2) is 11.7 Å². The van der Waals surface area contributed by atoms with Gasteiger partial charge in [0.25, 0.3) is 5.91 Å². The van der Waals surface area contributed by atoms with Gasteiger partial charge in [0.2, 0.25) is 0 Å². The fourth-order valence-electron chi connectivity index (χ4n) is 2.00. The van der Waals surface area contributed by atoms with Crippen molar-refractivity contribution in [2.75, 3.05) is 6.61 Å². The van der Waals surface area contributed by atoms with E-state index in [4.69, 9.17) is 17.0 Å². The summed E-state index contributed by atoms with van der Waals surface area (Å²) in [5.41, 5.74) is -0.202. The van der Waals surface area contributed by atoms with Crippen molar-refractivity contribution in [3.05, 3.63) is 40.9 Å². The van der Waals surface area contributed by atoms with E-state index in [2.05, 4.69) is 26.6 Å². The Balaban J connectivity index is 1.97. The average molecular weight is 395 g/mol. The third-order valence-corrected chi connectivity index (χ3v) is 3.95. The lowest BCUT2D eigenvalue weighted by molar-refractivity contribution is -0.121. The van der Waals surface area contributed by atoms with Crippen LogP contribution in [0.15, 0.2) is 40.9 Å². The summed E-state index contributed by atoms with van der Waals surface area (Å²) in [6.07, 6.45) is 0. The van der Waals surface area contributed by atoms with E-state index in [-0.39, 0.29) is 18.1 Å². The van der Waals surface area contributed by atoms with Gasteiger partial charge in [-0.15, -0.1) is 0 Å². The fourth-order valence-corrected chi connectivity index (χ4v) is 3.03. The van der Waals surface area contributed by atoms with Crippen LogP contribution in [0, 0.1) is 0 Å². The van der Waals surface area contributed by atoms with Crippen LogP contribution < -0.4 is 15.4 Å². The van der Waals surface area contributed by atoms with Gasteiger partial charge in [-0.1, -0.05) is 30.3 Å². The van der Waals surface area contributed by atoms with E-state index in [1.54, 1.807) is 0 Å². The van der Waals surface area contributed by atoms with Crippen LogP contribution in [0.2, 0.25) is 0 Å². The molecule has 0 aromatic heterocycles. The molecule has 0 saturated carbocycles. The minimum atomic E-state index is -0.299. The Labute approximate surface area is 149 Å². The molecule has 0 fully saturated rings. The number of benzene rings is 2. The highest BCUT2D eigenvalue weighted by Gasteiger charge is 2.14. The Hall–Kier alpha value is -1.66. The van der Waals surface area contributed by atoms with Crippen molar-refractivity contribution >= 4 is 49.9 Å². The molecular weight excluding hydrogens is 376 g/mol. The van der Waals surface area contributed by atoms with Crippen LogP contribution in [0.25, 0.3) is 10.8 Å². The van der Waals surface area contributed by atoms with Gasteiger partial charge in [0.1, 0.15) is 5.75 Å². The molecule has 2 aromatic rings. The summed E-state index contributed by atoms with van der Waals surface area (Å²) in [6, 6.07) is 11.7. The van der Waals surface area contributed by atoms with Crippen LogP contribution in [0.4, 0.5) is 0 Å². The van der Waals surface area contributed by atoms with E-state index in [0.717, 1.165) is 15.2 Å². The molecule has 6 heteroatoms. The molecule has 122 valence electrons. The van der Waals surface area contributed by atoms with Gasteiger partial charge >= 0.3 is 0 Å². The number of carbonyl (C=O) groups excluding carboxylic acids is 1. The minimum absolute atomic E-state index is 0.108. The molecule has 0 unspecified atom stereocenters. The Morgan fingerprint density at radius 1 is 1.22 bits per heavy atom. The lowest BCUT2D eigenvalue weighted by atomic mass is 10.1. The number of halogens is 1. The van der Waals surface area contributed by atoms with Crippen molar-refractivity contribution in [3.63, 3.8) is 0 Å². The first-order chi connectivity index (χ1) is 10.8. The average Bonchev–Trinajstić information content (AvgIpc) is 2.44. The molecule has 0 saturated heterocycles. The Bertz CT molecular complexity index is 741. The molecule has 1 amide bonds. The third kappa shape index (κ3) is 5.18. The summed E-state index contributed by atoms with van der Waals surface area (Å²) in [5, 5.41) is 8.06. The van der Waals surface area contributed by atoms with Crippen LogP contribution in [0.1, 0.15) is 20.8 Å². The van der Waals surface area contributed by atoms with Crippen LogP contribution in [-0.4, -0.2) is 23.2 Å². The van der Waals surface area contributed by atoms with E-state index < -0.39 is 0 Å². The Morgan fingerprint density at radius 3 is 2.61 bits per heavy atom. The van der Waals surface area contributed by atoms with E-state index in [9.17, 15) is 4.79 Å².